The molecule has 0 radical (unpaired) electrons. The van der Waals surface area contributed by atoms with Crippen LogP contribution in [0.25, 0.3) is 0 Å². The first kappa shape index (κ1) is 15.3. The van der Waals surface area contributed by atoms with E-state index in [-0.39, 0.29) is 0 Å². The van der Waals surface area contributed by atoms with Crippen molar-refractivity contribution in [2.75, 3.05) is 6.54 Å². The molecule has 3 unspecified atom stereocenters. The molecule has 19 heavy (non-hydrogen) atoms. The molecule has 1 aliphatic carbocycles. The van der Waals surface area contributed by atoms with E-state index in [1.165, 1.54) is 43.4 Å². The molecule has 1 aliphatic rings. The second kappa shape index (κ2) is 7.66. The van der Waals surface area contributed by atoms with Gasteiger partial charge in [-0.2, -0.15) is 0 Å². The molecule has 108 valence electrons. The summed E-state index contributed by atoms with van der Waals surface area (Å²) in [6, 6.07) is 4.95. The van der Waals surface area contributed by atoms with Crippen molar-refractivity contribution in [1.82, 2.24) is 5.32 Å². The lowest BCUT2D eigenvalue weighted by atomic mass is 9.75. The summed E-state index contributed by atoms with van der Waals surface area (Å²) in [5.74, 6) is 1.74. The molecule has 0 saturated heterocycles. The van der Waals surface area contributed by atoms with Crippen molar-refractivity contribution in [2.45, 2.75) is 58.4 Å². The van der Waals surface area contributed by atoms with Crippen molar-refractivity contribution < 1.29 is 0 Å². The molecule has 2 rings (SSSR count). The first-order valence-corrected chi connectivity index (χ1v) is 8.90. The number of rotatable bonds is 6. The van der Waals surface area contributed by atoms with E-state index < -0.39 is 0 Å². The fraction of sp³-hybridized carbons (Fsp3) is 0.750. The van der Waals surface area contributed by atoms with Gasteiger partial charge in [0.1, 0.15) is 0 Å². The molecule has 0 spiro atoms. The molecule has 3 atom stereocenters. The highest BCUT2D eigenvalue weighted by molar-refractivity contribution is 7.16. The van der Waals surface area contributed by atoms with Crippen molar-refractivity contribution in [1.29, 1.82) is 0 Å². The maximum Gasteiger partial charge on any atom is 0.0931 e. The molecule has 1 fully saturated rings. The fourth-order valence-corrected chi connectivity index (χ4v) is 4.69. The number of hydrogen-bond donors (Lipinski definition) is 1. The Bertz CT molecular complexity index is 377. The van der Waals surface area contributed by atoms with Crippen molar-refractivity contribution in [3.05, 3.63) is 21.3 Å². The van der Waals surface area contributed by atoms with Gasteiger partial charge in [-0.1, -0.05) is 38.3 Å². The van der Waals surface area contributed by atoms with Gasteiger partial charge in [-0.25, -0.2) is 0 Å². The van der Waals surface area contributed by atoms with Gasteiger partial charge in [0.05, 0.1) is 4.34 Å². The Labute approximate surface area is 126 Å². The SMILES string of the molecule is CCCC1CCC(NCC)C(Cc2ccc(Cl)s2)C1. The lowest BCUT2D eigenvalue weighted by Gasteiger charge is -2.36. The minimum absolute atomic E-state index is 0.707. The first-order chi connectivity index (χ1) is 9.22. The van der Waals surface area contributed by atoms with Gasteiger partial charge in [-0.15, -0.1) is 11.3 Å². The first-order valence-electron chi connectivity index (χ1n) is 7.70. The molecule has 1 N–H and O–H groups in total. The van der Waals surface area contributed by atoms with Crippen LogP contribution in [0.4, 0.5) is 0 Å². The summed E-state index contributed by atoms with van der Waals surface area (Å²) in [5.41, 5.74) is 0. The number of thiophene rings is 1. The van der Waals surface area contributed by atoms with Gasteiger partial charge in [0.2, 0.25) is 0 Å². The van der Waals surface area contributed by atoms with E-state index in [0.29, 0.717) is 6.04 Å². The Morgan fingerprint density at radius 3 is 2.79 bits per heavy atom. The Kier molecular flexibility index (Phi) is 6.18. The van der Waals surface area contributed by atoms with E-state index in [1.54, 1.807) is 11.3 Å². The lowest BCUT2D eigenvalue weighted by molar-refractivity contribution is 0.196. The molecule has 1 saturated carbocycles. The van der Waals surface area contributed by atoms with E-state index in [0.717, 1.165) is 22.7 Å². The summed E-state index contributed by atoms with van der Waals surface area (Å²) in [6.07, 6.45) is 8.08. The largest absolute Gasteiger partial charge is 0.314 e. The summed E-state index contributed by atoms with van der Waals surface area (Å²) >= 11 is 7.81. The molecular weight excluding hydrogens is 274 g/mol. The number of nitrogens with one attached hydrogen (secondary N) is 1. The van der Waals surface area contributed by atoms with Gasteiger partial charge in [-0.05, 0) is 56.2 Å². The van der Waals surface area contributed by atoms with Crippen LogP contribution in [-0.4, -0.2) is 12.6 Å². The van der Waals surface area contributed by atoms with Gasteiger partial charge in [0.15, 0.2) is 0 Å². The normalized spacial score (nSPS) is 27.6. The minimum Gasteiger partial charge on any atom is -0.314 e. The molecule has 0 aromatic carbocycles. The Morgan fingerprint density at radius 2 is 2.16 bits per heavy atom. The monoisotopic (exact) mass is 299 g/mol. The summed E-state index contributed by atoms with van der Waals surface area (Å²) in [6.45, 7) is 5.62. The zero-order chi connectivity index (χ0) is 13.7. The van der Waals surface area contributed by atoms with Gasteiger partial charge in [-0.3, -0.25) is 0 Å². The standard InChI is InChI=1S/C16H26ClNS/c1-3-5-12-6-8-15(18-4-2)13(10-12)11-14-7-9-16(17)19-14/h7,9,12-13,15,18H,3-6,8,10-11H2,1-2H3. The Balaban J connectivity index is 1.98. The van der Waals surface area contributed by atoms with Crippen molar-refractivity contribution in [3.8, 4) is 0 Å². The van der Waals surface area contributed by atoms with Crippen LogP contribution in [0.2, 0.25) is 4.34 Å². The van der Waals surface area contributed by atoms with Crippen LogP contribution >= 0.6 is 22.9 Å². The zero-order valence-corrected chi connectivity index (χ0v) is 13.7. The van der Waals surface area contributed by atoms with E-state index in [1.807, 2.05) is 6.07 Å². The maximum absolute atomic E-state index is 6.06. The van der Waals surface area contributed by atoms with Gasteiger partial charge in [0.25, 0.3) is 0 Å². The predicted molar refractivity (Wildman–Crippen MR) is 86.2 cm³/mol. The quantitative estimate of drug-likeness (QED) is 0.767. The summed E-state index contributed by atoms with van der Waals surface area (Å²) in [7, 11) is 0. The molecule has 1 nitrogen and oxygen atoms in total. The topological polar surface area (TPSA) is 12.0 Å². The van der Waals surface area contributed by atoms with Crippen LogP contribution in [0, 0.1) is 11.8 Å². The molecule has 0 bridgehead atoms. The lowest BCUT2D eigenvalue weighted by Crippen LogP contribution is -2.41. The fourth-order valence-electron chi connectivity index (χ4n) is 3.51. The zero-order valence-electron chi connectivity index (χ0n) is 12.1. The maximum atomic E-state index is 6.06. The highest BCUT2D eigenvalue weighted by Crippen LogP contribution is 2.35. The van der Waals surface area contributed by atoms with Crippen LogP contribution in [0.15, 0.2) is 12.1 Å². The van der Waals surface area contributed by atoms with E-state index >= 15 is 0 Å². The average Bonchev–Trinajstić information content (AvgIpc) is 2.79. The summed E-state index contributed by atoms with van der Waals surface area (Å²) < 4.78 is 0.927. The van der Waals surface area contributed by atoms with Gasteiger partial charge < -0.3 is 5.32 Å². The molecule has 1 aromatic rings. The second-order valence-electron chi connectivity index (χ2n) is 5.80. The van der Waals surface area contributed by atoms with Crippen molar-refractivity contribution in [3.63, 3.8) is 0 Å². The predicted octanol–water partition coefficient (Wildman–Crippen LogP) is 5.14. The van der Waals surface area contributed by atoms with Crippen LogP contribution in [0.3, 0.4) is 0 Å². The van der Waals surface area contributed by atoms with Crippen LogP contribution < -0.4 is 5.32 Å². The van der Waals surface area contributed by atoms with Crippen LogP contribution in [-0.2, 0) is 6.42 Å². The van der Waals surface area contributed by atoms with Crippen molar-refractivity contribution >= 4 is 22.9 Å². The van der Waals surface area contributed by atoms with Crippen molar-refractivity contribution in [2.24, 2.45) is 11.8 Å². The highest BCUT2D eigenvalue weighted by Gasteiger charge is 2.29. The van der Waals surface area contributed by atoms with E-state index in [9.17, 15) is 0 Å². The second-order valence-corrected chi connectivity index (χ2v) is 7.60. The minimum atomic E-state index is 0.707. The van der Waals surface area contributed by atoms with Gasteiger partial charge in [0, 0.05) is 10.9 Å². The number of hydrogen-bond acceptors (Lipinski definition) is 2. The molecular formula is C16H26ClNS. The van der Waals surface area contributed by atoms with Crippen LogP contribution in [0.5, 0.6) is 0 Å². The average molecular weight is 300 g/mol. The summed E-state index contributed by atoms with van der Waals surface area (Å²) in [5, 5.41) is 3.70. The van der Waals surface area contributed by atoms with Crippen LogP contribution in [0.1, 0.15) is 50.8 Å². The molecule has 0 aliphatic heterocycles. The third-order valence-corrected chi connectivity index (χ3v) is 5.60. The summed E-state index contributed by atoms with van der Waals surface area (Å²) in [4.78, 5) is 1.45. The molecule has 1 heterocycles. The number of halogens is 1. The van der Waals surface area contributed by atoms with E-state index in [2.05, 4.69) is 25.2 Å². The highest BCUT2D eigenvalue weighted by atomic mass is 35.5. The molecule has 0 amide bonds. The molecule has 3 heteroatoms. The third kappa shape index (κ3) is 4.47. The molecule has 1 aromatic heterocycles. The van der Waals surface area contributed by atoms with E-state index in [4.69, 9.17) is 11.6 Å². The smallest absolute Gasteiger partial charge is 0.0931 e. The Morgan fingerprint density at radius 1 is 1.32 bits per heavy atom. The Hall–Kier alpha value is -0.0500. The third-order valence-electron chi connectivity index (χ3n) is 4.35. The van der Waals surface area contributed by atoms with Gasteiger partial charge >= 0.3 is 0 Å².